The number of hydrogen-bond acceptors (Lipinski definition) is 2. The Morgan fingerprint density at radius 3 is 2.29 bits per heavy atom. The van der Waals surface area contributed by atoms with Crippen LogP contribution < -0.4 is 0 Å². The molecule has 0 aromatic heterocycles. The number of allylic oxidation sites excluding steroid dienone is 2. The van der Waals surface area contributed by atoms with E-state index in [2.05, 4.69) is 55.5 Å². The van der Waals surface area contributed by atoms with Gasteiger partial charge in [-0.25, -0.2) is 0 Å². The summed E-state index contributed by atoms with van der Waals surface area (Å²) in [6.45, 7) is 4.94. The Bertz CT molecular complexity index is 588. The maximum absolute atomic E-state index is 9.76. The lowest BCUT2D eigenvalue weighted by molar-refractivity contribution is -0.0226. The fourth-order valence-electron chi connectivity index (χ4n) is 3.83. The van der Waals surface area contributed by atoms with E-state index < -0.39 is 0 Å². The highest BCUT2D eigenvalue weighted by atomic mass is 16.5. The Labute approximate surface area is 172 Å². The second-order valence-electron chi connectivity index (χ2n) is 8.34. The molecule has 1 aromatic carbocycles. The molecule has 2 rings (SSSR count). The Morgan fingerprint density at radius 1 is 1.00 bits per heavy atom. The number of aliphatic hydroxyl groups is 1. The predicted molar refractivity (Wildman–Crippen MR) is 120 cm³/mol. The van der Waals surface area contributed by atoms with Crippen molar-refractivity contribution in [3.63, 3.8) is 0 Å². The maximum Gasteiger partial charge on any atom is 0.0901 e. The molecule has 0 amide bonds. The van der Waals surface area contributed by atoms with Gasteiger partial charge >= 0.3 is 0 Å². The van der Waals surface area contributed by atoms with Crippen LogP contribution >= 0.6 is 0 Å². The minimum absolute atomic E-state index is 0.254. The average Bonchev–Trinajstić information content (AvgIpc) is 2.72. The fourth-order valence-corrected chi connectivity index (χ4v) is 3.83. The van der Waals surface area contributed by atoms with Crippen LogP contribution in [0.2, 0.25) is 0 Å². The van der Waals surface area contributed by atoms with E-state index in [-0.39, 0.29) is 11.7 Å². The number of aliphatic hydroxyl groups excluding tert-OH is 1. The lowest BCUT2D eigenvalue weighted by atomic mass is 9.85. The van der Waals surface area contributed by atoms with Crippen molar-refractivity contribution in [1.29, 1.82) is 0 Å². The lowest BCUT2D eigenvalue weighted by Gasteiger charge is -2.33. The maximum atomic E-state index is 9.76. The van der Waals surface area contributed by atoms with E-state index >= 15 is 0 Å². The van der Waals surface area contributed by atoms with E-state index in [4.69, 9.17) is 4.74 Å². The molecule has 2 heteroatoms. The number of benzene rings is 1. The van der Waals surface area contributed by atoms with Crippen molar-refractivity contribution < 1.29 is 9.84 Å². The third-order valence-electron chi connectivity index (χ3n) is 5.71. The number of hydrogen-bond donors (Lipinski definition) is 1. The van der Waals surface area contributed by atoms with Crippen LogP contribution in [-0.4, -0.2) is 23.4 Å². The topological polar surface area (TPSA) is 29.5 Å². The molecule has 0 saturated heterocycles. The van der Waals surface area contributed by atoms with Gasteiger partial charge in [0.05, 0.1) is 11.7 Å². The molecule has 1 aromatic rings. The van der Waals surface area contributed by atoms with Crippen molar-refractivity contribution >= 4 is 5.57 Å². The van der Waals surface area contributed by atoms with E-state index in [1.54, 1.807) is 0 Å². The van der Waals surface area contributed by atoms with Crippen molar-refractivity contribution in [3.8, 4) is 0 Å². The standard InChI is InChI=1S/C26H40O2/c1-3-4-5-6-7-8-9-13-22-28-26(19-16-23(2)27)20-17-25(18-21-26)24-14-11-10-12-15-24/h10-12,14-15,17-18,20,23,27H,3-9,13,16,19,21-22H2,1-2H3. The van der Waals surface area contributed by atoms with Gasteiger partial charge in [0.25, 0.3) is 0 Å². The minimum atomic E-state index is -0.281. The van der Waals surface area contributed by atoms with Gasteiger partial charge in [-0.1, -0.05) is 100 Å². The third-order valence-corrected chi connectivity index (χ3v) is 5.71. The number of ether oxygens (including phenoxy) is 1. The molecule has 0 radical (unpaired) electrons. The van der Waals surface area contributed by atoms with Crippen molar-refractivity contribution in [2.24, 2.45) is 0 Å². The Kier molecular flexibility index (Phi) is 10.6. The second kappa shape index (κ2) is 13.0. The van der Waals surface area contributed by atoms with Crippen LogP contribution in [-0.2, 0) is 4.74 Å². The number of unbranched alkanes of at least 4 members (excludes halogenated alkanes) is 7. The van der Waals surface area contributed by atoms with Gasteiger partial charge in [0, 0.05) is 6.61 Å². The highest BCUT2D eigenvalue weighted by Gasteiger charge is 2.29. The SMILES string of the molecule is CCCCCCCCCCOC1(CCC(C)O)C=CC(c2ccccc2)=CC1. The normalized spacial score (nSPS) is 20.2. The van der Waals surface area contributed by atoms with E-state index in [0.717, 1.165) is 32.3 Å². The van der Waals surface area contributed by atoms with E-state index in [1.807, 2.05) is 6.92 Å². The zero-order valence-corrected chi connectivity index (χ0v) is 18.0. The highest BCUT2D eigenvalue weighted by Crippen LogP contribution is 2.33. The zero-order valence-electron chi connectivity index (χ0n) is 18.0. The number of rotatable bonds is 14. The summed E-state index contributed by atoms with van der Waals surface area (Å²) >= 11 is 0. The van der Waals surface area contributed by atoms with Crippen LogP contribution in [0, 0.1) is 0 Å². The highest BCUT2D eigenvalue weighted by molar-refractivity contribution is 5.75. The van der Waals surface area contributed by atoms with Crippen LogP contribution in [0.5, 0.6) is 0 Å². The summed E-state index contributed by atoms with van der Waals surface area (Å²) in [6.07, 6.45) is 19.5. The van der Waals surface area contributed by atoms with Crippen LogP contribution in [0.3, 0.4) is 0 Å². The molecule has 0 saturated carbocycles. The summed E-state index contributed by atoms with van der Waals surface area (Å²) in [5.74, 6) is 0. The van der Waals surface area contributed by atoms with Crippen molar-refractivity contribution in [1.82, 2.24) is 0 Å². The van der Waals surface area contributed by atoms with Gasteiger partial charge < -0.3 is 9.84 Å². The summed E-state index contributed by atoms with van der Waals surface area (Å²) < 4.78 is 6.41. The molecule has 156 valence electrons. The van der Waals surface area contributed by atoms with E-state index in [1.165, 1.54) is 56.1 Å². The monoisotopic (exact) mass is 384 g/mol. The Balaban J connectivity index is 1.79. The summed E-state index contributed by atoms with van der Waals surface area (Å²) in [5, 5.41) is 9.76. The van der Waals surface area contributed by atoms with E-state index in [9.17, 15) is 5.11 Å². The first-order valence-corrected chi connectivity index (χ1v) is 11.4. The van der Waals surface area contributed by atoms with Gasteiger partial charge in [-0.05, 0) is 43.7 Å². The van der Waals surface area contributed by atoms with Gasteiger partial charge in [0.15, 0.2) is 0 Å². The van der Waals surface area contributed by atoms with Gasteiger partial charge in [-0.2, -0.15) is 0 Å². The van der Waals surface area contributed by atoms with Gasteiger partial charge in [-0.3, -0.25) is 0 Å². The Hall–Kier alpha value is -1.38. The minimum Gasteiger partial charge on any atom is -0.393 e. The molecule has 0 spiro atoms. The molecule has 2 unspecified atom stereocenters. The first kappa shape index (κ1) is 22.9. The summed E-state index contributed by atoms with van der Waals surface area (Å²) in [5.41, 5.74) is 2.27. The summed E-state index contributed by atoms with van der Waals surface area (Å²) in [6, 6.07) is 10.5. The average molecular weight is 385 g/mol. The van der Waals surface area contributed by atoms with Gasteiger partial charge in [0.1, 0.15) is 0 Å². The molecule has 1 N–H and O–H groups in total. The molecule has 0 heterocycles. The summed E-state index contributed by atoms with van der Waals surface area (Å²) in [7, 11) is 0. The zero-order chi connectivity index (χ0) is 20.1. The first-order chi connectivity index (χ1) is 13.7. The van der Waals surface area contributed by atoms with Gasteiger partial charge in [0.2, 0.25) is 0 Å². The van der Waals surface area contributed by atoms with Crippen molar-refractivity contribution in [2.45, 2.75) is 96.2 Å². The lowest BCUT2D eigenvalue weighted by Crippen LogP contribution is -2.32. The first-order valence-electron chi connectivity index (χ1n) is 11.4. The summed E-state index contributed by atoms with van der Waals surface area (Å²) in [4.78, 5) is 0. The van der Waals surface area contributed by atoms with Crippen molar-refractivity contribution in [3.05, 3.63) is 54.1 Å². The van der Waals surface area contributed by atoms with E-state index in [0.29, 0.717) is 0 Å². The van der Waals surface area contributed by atoms with Gasteiger partial charge in [-0.15, -0.1) is 0 Å². The van der Waals surface area contributed by atoms with Crippen LogP contribution in [0.1, 0.15) is 90.0 Å². The van der Waals surface area contributed by atoms with Crippen LogP contribution in [0.15, 0.2) is 48.6 Å². The molecule has 28 heavy (non-hydrogen) atoms. The largest absolute Gasteiger partial charge is 0.393 e. The molecule has 2 nitrogen and oxygen atoms in total. The Morgan fingerprint density at radius 2 is 1.68 bits per heavy atom. The predicted octanol–water partition coefficient (Wildman–Crippen LogP) is 7.09. The molecular formula is C26H40O2. The molecule has 1 aliphatic carbocycles. The smallest absolute Gasteiger partial charge is 0.0901 e. The third kappa shape index (κ3) is 8.32. The molecule has 0 aliphatic heterocycles. The molecule has 1 aliphatic rings. The fraction of sp³-hybridized carbons (Fsp3) is 0.615. The van der Waals surface area contributed by atoms with Crippen molar-refractivity contribution in [2.75, 3.05) is 6.61 Å². The molecule has 2 atom stereocenters. The molecular weight excluding hydrogens is 344 g/mol. The molecule has 0 fully saturated rings. The van der Waals surface area contributed by atoms with Crippen LogP contribution in [0.4, 0.5) is 0 Å². The van der Waals surface area contributed by atoms with Crippen LogP contribution in [0.25, 0.3) is 5.57 Å². The molecule has 0 bridgehead atoms. The second-order valence-corrected chi connectivity index (χ2v) is 8.34. The quantitative estimate of drug-likeness (QED) is 0.347.